The van der Waals surface area contributed by atoms with E-state index in [4.69, 9.17) is 10.7 Å². The normalized spacial score (nSPS) is 11.1. The smallest absolute Gasteiger partial charge is 0.251 e. The molecular formula is C25H25N3O2. The number of carbonyl (C=O) groups excluding carboxylic acids is 1. The molecule has 0 saturated heterocycles. The average Bonchev–Trinajstić information content (AvgIpc) is 3.04. The number of aromatic hydroxyl groups is 1. The van der Waals surface area contributed by atoms with Crippen LogP contribution in [0.5, 0.6) is 5.75 Å². The third-order valence-electron chi connectivity index (χ3n) is 5.63. The Morgan fingerprint density at radius 3 is 2.50 bits per heavy atom. The topological polar surface area (TPSA) is 81.1 Å². The van der Waals surface area contributed by atoms with Crippen molar-refractivity contribution in [2.75, 3.05) is 0 Å². The molecular weight excluding hydrogens is 374 g/mol. The number of hydrogen-bond donors (Lipinski definition) is 2. The summed E-state index contributed by atoms with van der Waals surface area (Å²) < 4.78 is 2.18. The highest BCUT2D eigenvalue weighted by Gasteiger charge is 2.24. The van der Waals surface area contributed by atoms with Gasteiger partial charge in [0.2, 0.25) is 0 Å². The maximum absolute atomic E-state index is 12.4. The molecule has 2 aromatic heterocycles. The standard InChI is InChI=1S/C25H25N3O2/c1-3-22-24(21-13-10-18-6-4-5-7-20(18)27-21)23(25(26)30)16(2)28(22)15-14-17-8-11-19(29)12-9-17/h4-13,29H,3,14-15H2,1-2H3,(H2,26,30). The number of hydrogen-bond acceptors (Lipinski definition) is 3. The predicted octanol–water partition coefficient (Wildman–Crippen LogP) is 4.62. The van der Waals surface area contributed by atoms with Gasteiger partial charge in [-0.05, 0) is 49.6 Å². The summed E-state index contributed by atoms with van der Waals surface area (Å²) in [5, 5.41) is 10.6. The second-order valence-electron chi connectivity index (χ2n) is 7.46. The number of aryl methyl sites for hydroxylation is 1. The van der Waals surface area contributed by atoms with Crippen molar-refractivity contribution in [2.45, 2.75) is 33.2 Å². The van der Waals surface area contributed by atoms with Crippen LogP contribution in [0.2, 0.25) is 0 Å². The Morgan fingerprint density at radius 2 is 1.80 bits per heavy atom. The largest absolute Gasteiger partial charge is 0.508 e. The molecule has 0 aliphatic heterocycles. The van der Waals surface area contributed by atoms with Gasteiger partial charge in [0.1, 0.15) is 5.75 Å². The van der Waals surface area contributed by atoms with Crippen molar-refractivity contribution < 1.29 is 9.90 Å². The average molecular weight is 399 g/mol. The second-order valence-corrected chi connectivity index (χ2v) is 7.46. The fourth-order valence-electron chi connectivity index (χ4n) is 4.15. The second kappa shape index (κ2) is 8.03. The summed E-state index contributed by atoms with van der Waals surface area (Å²) >= 11 is 0. The highest BCUT2D eigenvalue weighted by Crippen LogP contribution is 2.33. The van der Waals surface area contributed by atoms with Crippen molar-refractivity contribution in [1.29, 1.82) is 0 Å². The lowest BCUT2D eigenvalue weighted by atomic mass is 10.0. The van der Waals surface area contributed by atoms with Crippen molar-refractivity contribution in [2.24, 2.45) is 5.73 Å². The van der Waals surface area contributed by atoms with Gasteiger partial charge in [-0.25, -0.2) is 4.98 Å². The van der Waals surface area contributed by atoms with Crippen LogP contribution in [0.4, 0.5) is 0 Å². The molecule has 0 aliphatic rings. The molecule has 0 radical (unpaired) electrons. The molecule has 1 amide bonds. The number of rotatable bonds is 6. The Hall–Kier alpha value is -3.60. The number of aromatic nitrogens is 2. The fourth-order valence-corrected chi connectivity index (χ4v) is 4.15. The first-order valence-electron chi connectivity index (χ1n) is 10.2. The highest BCUT2D eigenvalue weighted by atomic mass is 16.3. The van der Waals surface area contributed by atoms with Crippen LogP contribution in [0.15, 0.2) is 60.7 Å². The molecule has 3 N–H and O–H groups in total. The lowest BCUT2D eigenvalue weighted by Crippen LogP contribution is -2.14. The number of nitrogens with zero attached hydrogens (tertiary/aromatic N) is 2. The van der Waals surface area contributed by atoms with Crippen LogP contribution in [0, 0.1) is 6.92 Å². The molecule has 0 atom stereocenters. The summed E-state index contributed by atoms with van der Waals surface area (Å²) in [7, 11) is 0. The van der Waals surface area contributed by atoms with Crippen molar-refractivity contribution in [3.8, 4) is 17.0 Å². The van der Waals surface area contributed by atoms with Crippen molar-refractivity contribution in [3.05, 3.63) is 83.2 Å². The minimum atomic E-state index is -0.435. The number of phenols is 1. The fraction of sp³-hybridized carbons (Fsp3) is 0.200. The Kier molecular flexibility index (Phi) is 5.27. The number of benzene rings is 2. The molecule has 152 valence electrons. The number of phenolic OH excluding ortho intramolecular Hbond substituents is 1. The van der Waals surface area contributed by atoms with Gasteiger partial charge >= 0.3 is 0 Å². The lowest BCUT2D eigenvalue weighted by molar-refractivity contribution is 0.1000. The van der Waals surface area contributed by atoms with Crippen LogP contribution >= 0.6 is 0 Å². The molecule has 5 nitrogen and oxygen atoms in total. The molecule has 0 fully saturated rings. The summed E-state index contributed by atoms with van der Waals surface area (Å²) in [5.74, 6) is -0.179. The van der Waals surface area contributed by atoms with Gasteiger partial charge in [0, 0.05) is 28.9 Å². The molecule has 0 unspecified atom stereocenters. The first kappa shape index (κ1) is 19.7. The Bertz CT molecular complexity index is 1220. The minimum Gasteiger partial charge on any atom is -0.508 e. The summed E-state index contributed by atoms with van der Waals surface area (Å²) in [6.07, 6.45) is 1.54. The van der Waals surface area contributed by atoms with Crippen molar-refractivity contribution in [3.63, 3.8) is 0 Å². The van der Waals surface area contributed by atoms with Crippen LogP contribution in [0.3, 0.4) is 0 Å². The lowest BCUT2D eigenvalue weighted by Gasteiger charge is -2.12. The molecule has 4 aromatic rings. The van der Waals surface area contributed by atoms with Gasteiger partial charge in [0.25, 0.3) is 5.91 Å². The molecule has 30 heavy (non-hydrogen) atoms. The van der Waals surface area contributed by atoms with Gasteiger partial charge < -0.3 is 15.4 Å². The Labute approximate surface area is 175 Å². The highest BCUT2D eigenvalue weighted by molar-refractivity contribution is 6.02. The van der Waals surface area contributed by atoms with Crippen LogP contribution in [-0.2, 0) is 19.4 Å². The quantitative estimate of drug-likeness (QED) is 0.496. The maximum Gasteiger partial charge on any atom is 0.251 e. The maximum atomic E-state index is 12.4. The van der Waals surface area contributed by atoms with Crippen LogP contribution in [-0.4, -0.2) is 20.6 Å². The van der Waals surface area contributed by atoms with E-state index in [9.17, 15) is 9.90 Å². The van der Waals surface area contributed by atoms with E-state index in [-0.39, 0.29) is 5.75 Å². The van der Waals surface area contributed by atoms with E-state index in [0.717, 1.165) is 52.0 Å². The number of fused-ring (bicyclic) bond motifs is 1. The third-order valence-corrected chi connectivity index (χ3v) is 5.63. The predicted molar refractivity (Wildman–Crippen MR) is 120 cm³/mol. The molecule has 5 heteroatoms. The van der Waals surface area contributed by atoms with E-state index in [0.29, 0.717) is 12.1 Å². The molecule has 0 saturated carbocycles. The Balaban J connectivity index is 1.81. The molecule has 4 rings (SSSR count). The zero-order valence-electron chi connectivity index (χ0n) is 17.2. The van der Waals surface area contributed by atoms with Gasteiger partial charge in [-0.2, -0.15) is 0 Å². The summed E-state index contributed by atoms with van der Waals surface area (Å²) in [6.45, 7) is 4.75. The van der Waals surface area contributed by atoms with E-state index in [2.05, 4.69) is 11.5 Å². The monoisotopic (exact) mass is 399 g/mol. The number of para-hydroxylation sites is 1. The zero-order valence-corrected chi connectivity index (χ0v) is 17.2. The van der Waals surface area contributed by atoms with Gasteiger partial charge in [-0.15, -0.1) is 0 Å². The first-order valence-corrected chi connectivity index (χ1v) is 10.2. The van der Waals surface area contributed by atoms with Crippen LogP contribution < -0.4 is 5.73 Å². The van der Waals surface area contributed by atoms with E-state index in [1.165, 1.54) is 0 Å². The molecule has 0 spiro atoms. The van der Waals surface area contributed by atoms with Crippen LogP contribution in [0.1, 0.15) is 34.2 Å². The Morgan fingerprint density at radius 1 is 1.07 bits per heavy atom. The first-order chi connectivity index (χ1) is 14.5. The van der Waals surface area contributed by atoms with Crippen molar-refractivity contribution >= 4 is 16.8 Å². The minimum absolute atomic E-state index is 0.255. The number of primary amides is 1. The summed E-state index contributed by atoms with van der Waals surface area (Å²) in [5.41, 5.74) is 11.9. The zero-order chi connectivity index (χ0) is 21.3. The van der Waals surface area contributed by atoms with Gasteiger partial charge in [-0.3, -0.25) is 4.79 Å². The van der Waals surface area contributed by atoms with E-state index < -0.39 is 5.91 Å². The molecule has 0 bridgehead atoms. The van der Waals surface area contributed by atoms with E-state index >= 15 is 0 Å². The van der Waals surface area contributed by atoms with Crippen LogP contribution in [0.25, 0.3) is 22.2 Å². The SMILES string of the molecule is CCc1c(-c2ccc3ccccc3n2)c(C(N)=O)c(C)n1CCc1ccc(O)cc1. The number of nitrogens with two attached hydrogens (primary N) is 1. The number of carbonyl (C=O) groups is 1. The van der Waals surface area contributed by atoms with Gasteiger partial charge in [0.15, 0.2) is 0 Å². The summed E-state index contributed by atoms with van der Waals surface area (Å²) in [6, 6.07) is 19.2. The summed E-state index contributed by atoms with van der Waals surface area (Å²) in [4.78, 5) is 17.3. The third kappa shape index (κ3) is 3.54. The molecule has 2 heterocycles. The van der Waals surface area contributed by atoms with Crippen molar-refractivity contribution in [1.82, 2.24) is 9.55 Å². The molecule has 0 aliphatic carbocycles. The van der Waals surface area contributed by atoms with E-state index in [1.807, 2.05) is 55.5 Å². The van der Waals surface area contributed by atoms with Gasteiger partial charge in [-0.1, -0.05) is 43.3 Å². The van der Waals surface area contributed by atoms with E-state index in [1.54, 1.807) is 12.1 Å². The number of pyridine rings is 1. The number of amides is 1. The van der Waals surface area contributed by atoms with Gasteiger partial charge in [0.05, 0.1) is 16.8 Å². The molecule has 2 aromatic carbocycles.